The molecule has 0 aliphatic heterocycles. The fourth-order valence-corrected chi connectivity index (χ4v) is 4.57. The number of pyridine rings is 2. The highest BCUT2D eigenvalue weighted by molar-refractivity contribution is 7.17. The lowest BCUT2D eigenvalue weighted by Gasteiger charge is -2.22. The van der Waals surface area contributed by atoms with Gasteiger partial charge in [0.1, 0.15) is 0 Å². The molecule has 0 N–H and O–H groups in total. The van der Waals surface area contributed by atoms with E-state index in [1.807, 2.05) is 12.3 Å². The van der Waals surface area contributed by atoms with E-state index in [1.165, 1.54) is 21.0 Å². The van der Waals surface area contributed by atoms with Crippen LogP contribution in [0.3, 0.4) is 0 Å². The highest BCUT2D eigenvalue weighted by atomic mass is 32.1. The van der Waals surface area contributed by atoms with Crippen molar-refractivity contribution in [3.05, 3.63) is 83.9 Å². The number of rotatable bonds is 2. The average molecular weight is 395 g/mol. The van der Waals surface area contributed by atoms with Crippen molar-refractivity contribution >= 4 is 32.3 Å². The summed E-state index contributed by atoms with van der Waals surface area (Å²) in [6.45, 7) is 6.80. The SMILES string of the molecule is CC(C)(C)c1cc(-c2cc(-c3ccc4sccc4n3)ccn2)cc2ccccc12. The molecule has 3 heterocycles. The number of thiophene rings is 1. The van der Waals surface area contributed by atoms with Crippen molar-refractivity contribution in [1.82, 2.24) is 9.97 Å². The first kappa shape index (κ1) is 18.0. The summed E-state index contributed by atoms with van der Waals surface area (Å²) in [6, 6.07) is 23.7. The van der Waals surface area contributed by atoms with Crippen LogP contribution >= 0.6 is 11.3 Å². The Morgan fingerprint density at radius 1 is 0.793 bits per heavy atom. The van der Waals surface area contributed by atoms with E-state index in [0.717, 1.165) is 28.0 Å². The van der Waals surface area contributed by atoms with Gasteiger partial charge in [-0.1, -0.05) is 45.0 Å². The normalized spacial score (nSPS) is 12.0. The van der Waals surface area contributed by atoms with Gasteiger partial charge in [0.15, 0.2) is 0 Å². The Kier molecular flexibility index (Phi) is 4.21. The summed E-state index contributed by atoms with van der Waals surface area (Å²) >= 11 is 1.72. The van der Waals surface area contributed by atoms with Crippen molar-refractivity contribution in [2.45, 2.75) is 26.2 Å². The summed E-state index contributed by atoms with van der Waals surface area (Å²) in [5.74, 6) is 0. The molecule has 2 aromatic carbocycles. The van der Waals surface area contributed by atoms with Crippen molar-refractivity contribution in [3.8, 4) is 22.5 Å². The Morgan fingerprint density at radius 2 is 1.66 bits per heavy atom. The predicted molar refractivity (Wildman–Crippen MR) is 124 cm³/mol. The van der Waals surface area contributed by atoms with Gasteiger partial charge in [-0.3, -0.25) is 4.98 Å². The van der Waals surface area contributed by atoms with Gasteiger partial charge in [0.25, 0.3) is 0 Å². The second-order valence-electron chi connectivity index (χ2n) is 8.43. The molecule has 0 saturated carbocycles. The molecule has 142 valence electrons. The molecule has 0 bridgehead atoms. The maximum atomic E-state index is 4.83. The van der Waals surface area contributed by atoms with E-state index in [4.69, 9.17) is 9.97 Å². The molecule has 5 aromatic rings. The molecule has 3 aromatic heterocycles. The van der Waals surface area contributed by atoms with Gasteiger partial charge in [-0.15, -0.1) is 11.3 Å². The van der Waals surface area contributed by atoms with Gasteiger partial charge >= 0.3 is 0 Å². The lowest BCUT2D eigenvalue weighted by Crippen LogP contribution is -2.12. The zero-order chi connectivity index (χ0) is 20.0. The molecular formula is C26H22N2S. The molecule has 0 saturated heterocycles. The lowest BCUT2D eigenvalue weighted by molar-refractivity contribution is 0.596. The van der Waals surface area contributed by atoms with Crippen LogP contribution in [0.4, 0.5) is 0 Å². The maximum Gasteiger partial charge on any atom is 0.0817 e. The van der Waals surface area contributed by atoms with Crippen LogP contribution in [0.1, 0.15) is 26.3 Å². The zero-order valence-corrected chi connectivity index (χ0v) is 17.6. The second-order valence-corrected chi connectivity index (χ2v) is 9.37. The quantitative estimate of drug-likeness (QED) is 0.310. The minimum atomic E-state index is 0.0543. The topological polar surface area (TPSA) is 25.8 Å². The third-order valence-corrected chi connectivity index (χ3v) is 6.20. The highest BCUT2D eigenvalue weighted by Gasteiger charge is 2.18. The van der Waals surface area contributed by atoms with Crippen molar-refractivity contribution in [2.24, 2.45) is 0 Å². The average Bonchev–Trinajstić information content (AvgIpc) is 3.20. The Labute approximate surface area is 174 Å². The molecule has 0 spiro atoms. The van der Waals surface area contributed by atoms with Gasteiger partial charge in [0, 0.05) is 17.3 Å². The van der Waals surface area contributed by atoms with Crippen LogP contribution in [-0.4, -0.2) is 9.97 Å². The molecule has 29 heavy (non-hydrogen) atoms. The molecule has 0 fully saturated rings. The summed E-state index contributed by atoms with van der Waals surface area (Å²) < 4.78 is 1.22. The van der Waals surface area contributed by atoms with E-state index >= 15 is 0 Å². The van der Waals surface area contributed by atoms with E-state index in [0.29, 0.717) is 0 Å². The fraction of sp³-hybridized carbons (Fsp3) is 0.154. The van der Waals surface area contributed by atoms with Crippen molar-refractivity contribution in [2.75, 3.05) is 0 Å². The first-order valence-corrected chi connectivity index (χ1v) is 10.7. The van der Waals surface area contributed by atoms with Crippen LogP contribution in [-0.2, 0) is 5.41 Å². The molecule has 0 atom stereocenters. The second kappa shape index (κ2) is 6.78. The summed E-state index contributed by atoms with van der Waals surface area (Å²) in [4.78, 5) is 9.52. The predicted octanol–water partition coefficient (Wildman–Crippen LogP) is 7.48. The van der Waals surface area contributed by atoms with Gasteiger partial charge in [-0.05, 0) is 69.6 Å². The van der Waals surface area contributed by atoms with Gasteiger partial charge in [-0.2, -0.15) is 0 Å². The van der Waals surface area contributed by atoms with Crippen molar-refractivity contribution in [3.63, 3.8) is 0 Å². The third-order valence-electron chi connectivity index (χ3n) is 5.33. The van der Waals surface area contributed by atoms with Crippen molar-refractivity contribution < 1.29 is 0 Å². The molecule has 0 radical (unpaired) electrons. The Morgan fingerprint density at radius 3 is 2.52 bits per heavy atom. The Hall–Kier alpha value is -3.04. The number of benzene rings is 2. The minimum Gasteiger partial charge on any atom is -0.256 e. The zero-order valence-electron chi connectivity index (χ0n) is 16.8. The van der Waals surface area contributed by atoms with E-state index in [1.54, 1.807) is 11.3 Å². The van der Waals surface area contributed by atoms with E-state index in [9.17, 15) is 0 Å². The number of fused-ring (bicyclic) bond motifs is 2. The van der Waals surface area contributed by atoms with E-state index < -0.39 is 0 Å². The van der Waals surface area contributed by atoms with Crippen LogP contribution in [0.25, 0.3) is 43.5 Å². The molecule has 2 nitrogen and oxygen atoms in total. The standard InChI is InChI=1S/C26H22N2S/c1-26(2,3)21-15-19(14-17-6-4-5-7-20(17)21)24-16-18(10-12-27-24)22-8-9-25-23(28-22)11-13-29-25/h4-16H,1-3H3. The molecule has 3 heteroatoms. The van der Waals surface area contributed by atoms with Crippen LogP contribution < -0.4 is 0 Å². The Balaban J connectivity index is 1.66. The first-order valence-electron chi connectivity index (χ1n) is 9.83. The minimum absolute atomic E-state index is 0.0543. The molecule has 0 aliphatic rings. The van der Waals surface area contributed by atoms with Crippen LogP contribution in [0, 0.1) is 0 Å². The van der Waals surface area contributed by atoms with Crippen LogP contribution in [0.5, 0.6) is 0 Å². The van der Waals surface area contributed by atoms with Gasteiger partial charge < -0.3 is 0 Å². The number of hydrogen-bond acceptors (Lipinski definition) is 3. The van der Waals surface area contributed by atoms with Gasteiger partial charge in [-0.25, -0.2) is 4.98 Å². The van der Waals surface area contributed by atoms with Crippen LogP contribution in [0.2, 0.25) is 0 Å². The van der Waals surface area contributed by atoms with E-state index in [2.05, 4.69) is 86.8 Å². The lowest BCUT2D eigenvalue weighted by atomic mass is 9.82. The molecular weight excluding hydrogens is 372 g/mol. The highest BCUT2D eigenvalue weighted by Crippen LogP contribution is 2.35. The summed E-state index contributed by atoms with van der Waals surface area (Å²) in [5.41, 5.74) is 6.64. The van der Waals surface area contributed by atoms with Gasteiger partial charge in [0.2, 0.25) is 0 Å². The molecule has 0 aliphatic carbocycles. The molecule has 0 unspecified atom stereocenters. The van der Waals surface area contributed by atoms with Crippen molar-refractivity contribution in [1.29, 1.82) is 0 Å². The Bertz CT molecular complexity index is 1340. The van der Waals surface area contributed by atoms with E-state index in [-0.39, 0.29) is 5.41 Å². The van der Waals surface area contributed by atoms with Gasteiger partial charge in [0.05, 0.1) is 21.6 Å². The summed E-state index contributed by atoms with van der Waals surface area (Å²) in [6.07, 6.45) is 1.89. The summed E-state index contributed by atoms with van der Waals surface area (Å²) in [5, 5.41) is 4.65. The fourth-order valence-electron chi connectivity index (χ4n) is 3.84. The number of aromatic nitrogens is 2. The largest absolute Gasteiger partial charge is 0.256 e. The smallest absolute Gasteiger partial charge is 0.0817 e. The molecule has 0 amide bonds. The number of nitrogens with zero attached hydrogens (tertiary/aromatic N) is 2. The number of hydrogen-bond donors (Lipinski definition) is 0. The monoisotopic (exact) mass is 394 g/mol. The summed E-state index contributed by atoms with van der Waals surface area (Å²) in [7, 11) is 0. The maximum absolute atomic E-state index is 4.83. The molecule has 5 rings (SSSR count). The third kappa shape index (κ3) is 3.32. The first-order chi connectivity index (χ1) is 14.0. The van der Waals surface area contributed by atoms with Crippen LogP contribution in [0.15, 0.2) is 78.3 Å².